The normalized spacial score (nSPS) is 26.1. The molecule has 1 atom stereocenters. The topological polar surface area (TPSA) is 21.3 Å². The van der Waals surface area contributed by atoms with Gasteiger partial charge in [0, 0.05) is 6.42 Å². The molecule has 0 aromatic carbocycles. The van der Waals surface area contributed by atoms with Gasteiger partial charge in [-0.2, -0.15) is 0 Å². The van der Waals surface area contributed by atoms with Gasteiger partial charge < -0.3 is 10.1 Å². The Balaban J connectivity index is 2.16. The van der Waals surface area contributed by atoms with Gasteiger partial charge in [-0.15, -0.1) is 0 Å². The smallest absolute Gasteiger partial charge is 0.110 e. The summed E-state index contributed by atoms with van der Waals surface area (Å²) in [4.78, 5) is 0. The van der Waals surface area contributed by atoms with E-state index in [4.69, 9.17) is 4.74 Å². The fourth-order valence-corrected chi connectivity index (χ4v) is 3.31. The van der Waals surface area contributed by atoms with Gasteiger partial charge in [-0.3, -0.25) is 0 Å². The van der Waals surface area contributed by atoms with Crippen molar-refractivity contribution in [2.45, 2.75) is 51.5 Å². The van der Waals surface area contributed by atoms with Gasteiger partial charge in [0.05, 0.1) is 12.6 Å². The van der Waals surface area contributed by atoms with Crippen LogP contribution in [0.1, 0.15) is 45.4 Å². The van der Waals surface area contributed by atoms with Crippen molar-refractivity contribution in [3.8, 4) is 0 Å². The van der Waals surface area contributed by atoms with Gasteiger partial charge in [-0.1, -0.05) is 19.8 Å². The van der Waals surface area contributed by atoms with Crippen LogP contribution < -0.4 is 5.32 Å². The maximum Gasteiger partial charge on any atom is 0.110 e. The van der Waals surface area contributed by atoms with Crippen LogP contribution in [0.15, 0.2) is 11.8 Å². The molecule has 1 aliphatic carbocycles. The fraction of sp³-hybridized carbons (Fsp3) is 0.846. The van der Waals surface area contributed by atoms with Crippen LogP contribution in [0.4, 0.5) is 0 Å². The first-order valence-corrected chi connectivity index (χ1v) is 6.32. The molecule has 1 fully saturated rings. The zero-order chi connectivity index (χ0) is 10.7. The molecule has 1 aliphatic heterocycles. The number of likely N-dealkylation sites (N-methyl/N-ethyl adjacent to an activating group) is 1. The van der Waals surface area contributed by atoms with Gasteiger partial charge in [0.15, 0.2) is 0 Å². The zero-order valence-electron chi connectivity index (χ0n) is 10.0. The van der Waals surface area contributed by atoms with Gasteiger partial charge in [-0.05, 0) is 37.8 Å². The van der Waals surface area contributed by atoms with E-state index in [9.17, 15) is 0 Å². The Kier molecular flexibility index (Phi) is 3.35. The SMILES string of the molecule is CCC1(C(NC)C2=CCCO2)CCCC1. The summed E-state index contributed by atoms with van der Waals surface area (Å²) in [5.74, 6) is 1.21. The van der Waals surface area contributed by atoms with Gasteiger partial charge in [-0.25, -0.2) is 0 Å². The van der Waals surface area contributed by atoms with Crippen molar-refractivity contribution in [2.24, 2.45) is 5.41 Å². The predicted molar refractivity (Wildman–Crippen MR) is 62.7 cm³/mol. The van der Waals surface area contributed by atoms with Crippen LogP contribution in [0.5, 0.6) is 0 Å². The summed E-state index contributed by atoms with van der Waals surface area (Å²) in [6.07, 6.45) is 10.1. The highest BCUT2D eigenvalue weighted by Crippen LogP contribution is 2.46. The van der Waals surface area contributed by atoms with Gasteiger partial charge in [0.1, 0.15) is 5.76 Å². The lowest BCUT2D eigenvalue weighted by atomic mass is 9.75. The Morgan fingerprint density at radius 3 is 2.67 bits per heavy atom. The van der Waals surface area contributed by atoms with Crippen LogP contribution in [-0.4, -0.2) is 19.7 Å². The molecule has 0 amide bonds. The summed E-state index contributed by atoms with van der Waals surface area (Å²) in [5, 5.41) is 3.48. The second-order valence-corrected chi connectivity index (χ2v) is 4.89. The molecule has 15 heavy (non-hydrogen) atoms. The van der Waals surface area contributed by atoms with E-state index in [0.717, 1.165) is 13.0 Å². The highest BCUT2D eigenvalue weighted by Gasteiger charge is 2.42. The minimum atomic E-state index is 0.451. The minimum absolute atomic E-state index is 0.451. The number of hydrogen-bond donors (Lipinski definition) is 1. The first kappa shape index (κ1) is 11.0. The average Bonchev–Trinajstić information content (AvgIpc) is 2.90. The van der Waals surface area contributed by atoms with Crippen molar-refractivity contribution in [3.05, 3.63) is 11.8 Å². The van der Waals surface area contributed by atoms with Crippen molar-refractivity contribution in [2.75, 3.05) is 13.7 Å². The summed E-state index contributed by atoms with van der Waals surface area (Å²) in [6.45, 7) is 3.21. The molecule has 0 bridgehead atoms. The second kappa shape index (κ2) is 4.56. The zero-order valence-corrected chi connectivity index (χ0v) is 10.0. The van der Waals surface area contributed by atoms with Crippen molar-refractivity contribution < 1.29 is 4.74 Å². The van der Waals surface area contributed by atoms with E-state index in [2.05, 4.69) is 25.4 Å². The van der Waals surface area contributed by atoms with Gasteiger partial charge in [0.2, 0.25) is 0 Å². The summed E-state index contributed by atoms with van der Waals surface area (Å²) in [7, 11) is 2.07. The monoisotopic (exact) mass is 209 g/mol. The molecular weight excluding hydrogens is 186 g/mol. The van der Waals surface area contributed by atoms with E-state index in [1.54, 1.807) is 0 Å². The van der Waals surface area contributed by atoms with Crippen molar-refractivity contribution >= 4 is 0 Å². The third-order valence-corrected chi connectivity index (χ3v) is 4.22. The average molecular weight is 209 g/mol. The molecule has 0 saturated heterocycles. The van der Waals surface area contributed by atoms with E-state index >= 15 is 0 Å². The molecule has 2 heteroatoms. The van der Waals surface area contributed by atoms with E-state index in [-0.39, 0.29) is 0 Å². The number of rotatable bonds is 4. The van der Waals surface area contributed by atoms with Crippen LogP contribution in [0.2, 0.25) is 0 Å². The number of nitrogens with one attached hydrogen (secondary N) is 1. The maximum atomic E-state index is 5.74. The van der Waals surface area contributed by atoms with Crippen LogP contribution in [0.25, 0.3) is 0 Å². The lowest BCUT2D eigenvalue weighted by Gasteiger charge is -2.37. The first-order valence-electron chi connectivity index (χ1n) is 6.32. The first-order chi connectivity index (χ1) is 7.32. The number of ether oxygens (including phenoxy) is 1. The molecule has 0 radical (unpaired) electrons. The second-order valence-electron chi connectivity index (χ2n) is 4.89. The van der Waals surface area contributed by atoms with E-state index in [1.165, 1.54) is 37.9 Å². The molecule has 0 aromatic heterocycles. The molecule has 0 spiro atoms. The summed E-state index contributed by atoms with van der Waals surface area (Å²) in [6, 6.07) is 0.451. The minimum Gasteiger partial charge on any atom is -0.496 e. The molecule has 1 heterocycles. The third kappa shape index (κ3) is 1.92. The summed E-state index contributed by atoms with van der Waals surface area (Å²) >= 11 is 0. The highest BCUT2D eigenvalue weighted by molar-refractivity contribution is 5.14. The molecule has 1 N–H and O–H groups in total. The van der Waals surface area contributed by atoms with Crippen molar-refractivity contribution in [1.82, 2.24) is 5.32 Å². The fourth-order valence-electron chi connectivity index (χ4n) is 3.31. The Labute approximate surface area is 93.1 Å². The molecule has 2 aliphatic rings. The largest absolute Gasteiger partial charge is 0.496 e. The predicted octanol–water partition coefficient (Wildman–Crippen LogP) is 2.85. The van der Waals surface area contributed by atoms with Crippen LogP contribution >= 0.6 is 0 Å². The van der Waals surface area contributed by atoms with Crippen LogP contribution in [0, 0.1) is 5.41 Å². The lowest BCUT2D eigenvalue weighted by molar-refractivity contribution is 0.138. The molecule has 2 nitrogen and oxygen atoms in total. The standard InChI is InChI=1S/C13H23NO/c1-3-13(8-4-5-9-13)12(14-2)11-7-6-10-15-11/h7,12,14H,3-6,8-10H2,1-2H3. The lowest BCUT2D eigenvalue weighted by Crippen LogP contribution is -2.43. The number of hydrogen-bond acceptors (Lipinski definition) is 2. The van der Waals surface area contributed by atoms with Crippen LogP contribution in [-0.2, 0) is 4.74 Å². The van der Waals surface area contributed by atoms with Crippen LogP contribution in [0.3, 0.4) is 0 Å². The molecular formula is C13H23NO. The Bertz CT molecular complexity index is 241. The quantitative estimate of drug-likeness (QED) is 0.768. The van der Waals surface area contributed by atoms with E-state index < -0.39 is 0 Å². The Hall–Kier alpha value is -0.500. The van der Waals surface area contributed by atoms with Gasteiger partial charge >= 0.3 is 0 Å². The molecule has 2 rings (SSSR count). The van der Waals surface area contributed by atoms with E-state index in [1.807, 2.05) is 0 Å². The summed E-state index contributed by atoms with van der Waals surface area (Å²) < 4.78 is 5.74. The maximum absolute atomic E-state index is 5.74. The molecule has 1 unspecified atom stereocenters. The van der Waals surface area contributed by atoms with Crippen molar-refractivity contribution in [3.63, 3.8) is 0 Å². The molecule has 0 aromatic rings. The van der Waals surface area contributed by atoms with Crippen molar-refractivity contribution in [1.29, 1.82) is 0 Å². The summed E-state index contributed by atoms with van der Waals surface area (Å²) in [5.41, 5.74) is 0.463. The Morgan fingerprint density at radius 1 is 1.47 bits per heavy atom. The molecule has 1 saturated carbocycles. The molecule has 86 valence electrons. The third-order valence-electron chi connectivity index (χ3n) is 4.22. The Morgan fingerprint density at radius 2 is 2.20 bits per heavy atom. The highest BCUT2D eigenvalue weighted by atomic mass is 16.5. The van der Waals surface area contributed by atoms with E-state index in [0.29, 0.717) is 11.5 Å². The van der Waals surface area contributed by atoms with Gasteiger partial charge in [0.25, 0.3) is 0 Å².